The largest absolute Gasteiger partial charge is 0.369 e. The average molecular weight is 347 g/mol. The Balaban J connectivity index is 1.53. The fraction of sp³-hybridized carbons (Fsp3) is 0.412. The Labute approximate surface area is 147 Å². The highest BCUT2D eigenvalue weighted by Gasteiger charge is 2.23. The third-order valence-electron chi connectivity index (χ3n) is 4.29. The number of nitrogens with zero attached hydrogens (tertiary/aromatic N) is 4. The summed E-state index contributed by atoms with van der Waals surface area (Å²) in [5.74, 6) is 0.814. The van der Waals surface area contributed by atoms with E-state index < -0.39 is 0 Å². The number of hydrogen-bond donors (Lipinski definition) is 2. The summed E-state index contributed by atoms with van der Waals surface area (Å²) in [5.41, 5.74) is 2.29. The summed E-state index contributed by atoms with van der Waals surface area (Å²) in [4.78, 5) is 6.66. The summed E-state index contributed by atoms with van der Waals surface area (Å²) >= 11 is 6.09. The van der Waals surface area contributed by atoms with E-state index in [9.17, 15) is 0 Å². The SMILES string of the molecule is CN=C(NCc1ccnn1C)NC1CCN(c2cccc(Cl)c2)C1. The van der Waals surface area contributed by atoms with E-state index in [2.05, 4.69) is 31.7 Å². The Morgan fingerprint density at radius 1 is 1.42 bits per heavy atom. The lowest BCUT2D eigenvalue weighted by Gasteiger charge is -2.20. The van der Waals surface area contributed by atoms with Gasteiger partial charge in [0.2, 0.25) is 0 Å². The molecule has 1 unspecified atom stereocenters. The van der Waals surface area contributed by atoms with Gasteiger partial charge in [-0.1, -0.05) is 17.7 Å². The maximum Gasteiger partial charge on any atom is 0.191 e. The molecule has 0 bridgehead atoms. The first-order valence-corrected chi connectivity index (χ1v) is 8.48. The molecule has 7 heteroatoms. The van der Waals surface area contributed by atoms with Crippen LogP contribution in [-0.4, -0.2) is 41.9 Å². The van der Waals surface area contributed by atoms with Crippen LogP contribution in [-0.2, 0) is 13.6 Å². The molecule has 0 spiro atoms. The normalized spacial score (nSPS) is 18.0. The van der Waals surface area contributed by atoms with Crippen LogP contribution in [0.5, 0.6) is 0 Å². The quantitative estimate of drug-likeness (QED) is 0.657. The van der Waals surface area contributed by atoms with Crippen LogP contribution in [0.3, 0.4) is 0 Å². The molecule has 1 saturated heterocycles. The van der Waals surface area contributed by atoms with E-state index in [0.717, 1.165) is 36.2 Å². The van der Waals surface area contributed by atoms with E-state index >= 15 is 0 Å². The van der Waals surface area contributed by atoms with Crippen LogP contribution in [0.15, 0.2) is 41.5 Å². The van der Waals surface area contributed by atoms with Crippen molar-refractivity contribution in [3.63, 3.8) is 0 Å². The summed E-state index contributed by atoms with van der Waals surface area (Å²) in [5, 5.41) is 11.8. The van der Waals surface area contributed by atoms with Gasteiger partial charge >= 0.3 is 0 Å². The van der Waals surface area contributed by atoms with Gasteiger partial charge in [-0.05, 0) is 30.7 Å². The zero-order valence-electron chi connectivity index (χ0n) is 14.0. The first kappa shape index (κ1) is 16.6. The van der Waals surface area contributed by atoms with E-state index in [4.69, 9.17) is 11.6 Å². The summed E-state index contributed by atoms with van der Waals surface area (Å²) in [6.07, 6.45) is 2.87. The maximum atomic E-state index is 6.09. The Hall–Kier alpha value is -2.21. The summed E-state index contributed by atoms with van der Waals surface area (Å²) in [6, 6.07) is 10.4. The number of guanidine groups is 1. The molecule has 0 saturated carbocycles. The lowest BCUT2D eigenvalue weighted by molar-refractivity contribution is 0.637. The van der Waals surface area contributed by atoms with Gasteiger partial charge < -0.3 is 15.5 Å². The topological polar surface area (TPSA) is 57.5 Å². The Morgan fingerprint density at radius 2 is 2.29 bits per heavy atom. The molecule has 1 aromatic carbocycles. The average Bonchev–Trinajstić information content (AvgIpc) is 3.20. The highest BCUT2D eigenvalue weighted by atomic mass is 35.5. The summed E-state index contributed by atoms with van der Waals surface area (Å²) < 4.78 is 1.86. The van der Waals surface area contributed by atoms with E-state index in [1.54, 1.807) is 13.2 Å². The van der Waals surface area contributed by atoms with Crippen molar-refractivity contribution in [1.82, 2.24) is 20.4 Å². The first-order chi connectivity index (χ1) is 11.7. The Morgan fingerprint density at radius 3 is 3.00 bits per heavy atom. The molecule has 128 valence electrons. The van der Waals surface area contributed by atoms with E-state index in [1.165, 1.54) is 5.69 Å². The van der Waals surface area contributed by atoms with Gasteiger partial charge in [0, 0.05) is 50.1 Å². The maximum absolute atomic E-state index is 6.09. The number of nitrogens with one attached hydrogen (secondary N) is 2. The Bertz CT molecular complexity index is 711. The third-order valence-corrected chi connectivity index (χ3v) is 4.52. The number of halogens is 1. The second kappa shape index (κ2) is 7.57. The molecule has 1 aromatic heterocycles. The van der Waals surface area contributed by atoms with Gasteiger partial charge in [-0.2, -0.15) is 5.10 Å². The number of aryl methyl sites for hydroxylation is 1. The minimum Gasteiger partial charge on any atom is -0.369 e. The number of anilines is 1. The predicted octanol–water partition coefficient (Wildman–Crippen LogP) is 2.02. The van der Waals surface area contributed by atoms with Gasteiger partial charge in [0.1, 0.15) is 0 Å². The van der Waals surface area contributed by atoms with Gasteiger partial charge in [-0.3, -0.25) is 9.67 Å². The van der Waals surface area contributed by atoms with Gasteiger partial charge in [0.15, 0.2) is 5.96 Å². The molecule has 6 nitrogen and oxygen atoms in total. The van der Waals surface area contributed by atoms with Gasteiger partial charge in [0.25, 0.3) is 0 Å². The van der Waals surface area contributed by atoms with Crippen molar-refractivity contribution in [3.8, 4) is 0 Å². The second-order valence-corrected chi connectivity index (χ2v) is 6.36. The number of hydrogen-bond acceptors (Lipinski definition) is 3. The highest BCUT2D eigenvalue weighted by Crippen LogP contribution is 2.23. The lowest BCUT2D eigenvalue weighted by atomic mass is 10.2. The third kappa shape index (κ3) is 4.00. The number of rotatable bonds is 4. The van der Waals surface area contributed by atoms with Crippen LogP contribution < -0.4 is 15.5 Å². The van der Waals surface area contributed by atoms with Crippen molar-refractivity contribution in [2.75, 3.05) is 25.0 Å². The molecule has 1 fully saturated rings. The van der Waals surface area contributed by atoms with Crippen LogP contribution in [0.2, 0.25) is 5.02 Å². The van der Waals surface area contributed by atoms with Crippen molar-refractivity contribution in [1.29, 1.82) is 0 Å². The molecular weight excluding hydrogens is 324 g/mol. The van der Waals surface area contributed by atoms with Crippen molar-refractivity contribution < 1.29 is 0 Å². The molecule has 0 amide bonds. The van der Waals surface area contributed by atoms with Crippen molar-refractivity contribution in [2.45, 2.75) is 19.0 Å². The molecule has 2 N–H and O–H groups in total. The zero-order chi connectivity index (χ0) is 16.9. The van der Waals surface area contributed by atoms with Crippen molar-refractivity contribution in [2.24, 2.45) is 12.0 Å². The molecule has 1 aliphatic rings. The fourth-order valence-corrected chi connectivity index (χ4v) is 3.11. The minimum absolute atomic E-state index is 0.363. The molecular formula is C17H23ClN6. The smallest absolute Gasteiger partial charge is 0.191 e. The molecule has 0 radical (unpaired) electrons. The molecule has 24 heavy (non-hydrogen) atoms. The van der Waals surface area contributed by atoms with Crippen LogP contribution in [0, 0.1) is 0 Å². The minimum atomic E-state index is 0.363. The van der Waals surface area contributed by atoms with E-state index in [0.29, 0.717) is 12.6 Å². The highest BCUT2D eigenvalue weighted by molar-refractivity contribution is 6.30. The summed E-state index contributed by atoms with van der Waals surface area (Å²) in [7, 11) is 3.73. The van der Waals surface area contributed by atoms with Gasteiger partial charge in [-0.25, -0.2) is 0 Å². The molecule has 1 aliphatic heterocycles. The van der Waals surface area contributed by atoms with Crippen LogP contribution >= 0.6 is 11.6 Å². The number of benzene rings is 1. The van der Waals surface area contributed by atoms with E-state index in [-0.39, 0.29) is 0 Å². The van der Waals surface area contributed by atoms with Gasteiger partial charge in [-0.15, -0.1) is 0 Å². The standard InChI is InChI=1S/C17H23ClN6/c1-19-17(20-11-16-6-8-21-23(16)2)22-14-7-9-24(12-14)15-5-3-4-13(18)10-15/h3-6,8,10,14H,7,9,11-12H2,1-2H3,(H2,19,20,22). The zero-order valence-corrected chi connectivity index (χ0v) is 14.8. The monoisotopic (exact) mass is 346 g/mol. The van der Waals surface area contributed by atoms with Gasteiger partial charge in [0.05, 0.1) is 12.2 Å². The fourth-order valence-electron chi connectivity index (χ4n) is 2.92. The lowest BCUT2D eigenvalue weighted by Crippen LogP contribution is -2.44. The van der Waals surface area contributed by atoms with Crippen molar-refractivity contribution in [3.05, 3.63) is 47.2 Å². The molecule has 2 aromatic rings. The van der Waals surface area contributed by atoms with Crippen molar-refractivity contribution >= 4 is 23.2 Å². The van der Waals surface area contributed by atoms with Crippen LogP contribution in [0.25, 0.3) is 0 Å². The summed E-state index contributed by atoms with van der Waals surface area (Å²) in [6.45, 7) is 2.64. The number of aliphatic imine (C=N–C) groups is 1. The molecule has 1 atom stereocenters. The first-order valence-electron chi connectivity index (χ1n) is 8.10. The second-order valence-electron chi connectivity index (χ2n) is 5.93. The number of aromatic nitrogens is 2. The predicted molar refractivity (Wildman–Crippen MR) is 98.6 cm³/mol. The molecule has 0 aliphatic carbocycles. The molecule has 3 rings (SSSR count). The molecule has 2 heterocycles. The van der Waals surface area contributed by atoms with Crippen LogP contribution in [0.1, 0.15) is 12.1 Å². The Kier molecular flexibility index (Phi) is 5.25. The van der Waals surface area contributed by atoms with E-state index in [1.807, 2.05) is 36.0 Å². The van der Waals surface area contributed by atoms with Crippen LogP contribution in [0.4, 0.5) is 5.69 Å².